The molecule has 7 nitrogen and oxygen atoms in total. The van der Waals surface area contributed by atoms with Crippen molar-refractivity contribution in [3.05, 3.63) is 48.5 Å². The number of carbonyl (C=O) groups excluding carboxylic acids is 1. The van der Waals surface area contributed by atoms with Gasteiger partial charge in [0.2, 0.25) is 5.91 Å². The molecular weight excluding hydrogens is 388 g/mol. The quantitative estimate of drug-likeness (QED) is 0.450. The molecule has 3 heterocycles. The van der Waals surface area contributed by atoms with Gasteiger partial charge in [0.25, 0.3) is 0 Å². The third kappa shape index (κ3) is 3.55. The maximum atomic E-state index is 12.9. The molecule has 0 aliphatic carbocycles. The van der Waals surface area contributed by atoms with Crippen molar-refractivity contribution in [1.29, 1.82) is 0 Å². The third-order valence-electron chi connectivity index (χ3n) is 4.75. The van der Waals surface area contributed by atoms with Gasteiger partial charge >= 0.3 is 0 Å². The van der Waals surface area contributed by atoms with Crippen LogP contribution in [0.3, 0.4) is 0 Å². The fraction of sp³-hybridized carbons (Fsp3) is 0.286. The van der Waals surface area contributed by atoms with Crippen LogP contribution in [0.15, 0.2) is 52.1 Å². The summed E-state index contributed by atoms with van der Waals surface area (Å²) in [4.78, 5) is 12.9. The van der Waals surface area contributed by atoms with Crippen molar-refractivity contribution in [2.45, 2.75) is 37.0 Å². The summed E-state index contributed by atoms with van der Waals surface area (Å²) in [5, 5.41) is 12.1. The van der Waals surface area contributed by atoms with Crippen LogP contribution >= 0.6 is 11.8 Å². The van der Waals surface area contributed by atoms with E-state index in [1.807, 2.05) is 50.2 Å². The van der Waals surface area contributed by atoms with E-state index in [0.29, 0.717) is 22.9 Å². The predicted octanol–water partition coefficient (Wildman–Crippen LogP) is 4.56. The number of ether oxygens (including phenoxy) is 1. The lowest BCUT2D eigenvalue weighted by Gasteiger charge is -2.16. The fourth-order valence-corrected chi connectivity index (χ4v) is 4.25. The number of fused-ring (bicyclic) bond motifs is 3. The Balaban J connectivity index is 1.65. The number of methoxy groups -OCH3 is 1. The number of anilines is 1. The first-order valence-corrected chi connectivity index (χ1v) is 10.4. The summed E-state index contributed by atoms with van der Waals surface area (Å²) < 4.78 is 12.9. The smallest absolute Gasteiger partial charge is 0.238 e. The number of aromatic nitrogens is 3. The van der Waals surface area contributed by atoms with Crippen LogP contribution in [0.4, 0.5) is 5.69 Å². The maximum absolute atomic E-state index is 12.9. The zero-order valence-corrected chi connectivity index (χ0v) is 17.3. The molecule has 0 radical (unpaired) electrons. The highest BCUT2D eigenvalue weighted by molar-refractivity contribution is 8.00. The molecule has 0 aliphatic heterocycles. The molecule has 4 aromatic rings. The summed E-state index contributed by atoms with van der Waals surface area (Å²) in [6, 6.07) is 11.2. The number of rotatable bonds is 7. The van der Waals surface area contributed by atoms with Crippen LogP contribution in [0.2, 0.25) is 0 Å². The number of nitrogens with zero attached hydrogens (tertiary/aromatic N) is 3. The summed E-state index contributed by atoms with van der Waals surface area (Å²) in [6.45, 7) is 4.02. The molecular formula is C21H22N4O3S. The molecule has 1 amide bonds. The molecule has 1 aromatic carbocycles. The Labute approximate surface area is 172 Å². The molecule has 0 spiro atoms. The largest absolute Gasteiger partial charge is 0.495 e. The van der Waals surface area contributed by atoms with Gasteiger partial charge in [0, 0.05) is 18.6 Å². The topological polar surface area (TPSA) is 81.7 Å². The minimum Gasteiger partial charge on any atom is -0.495 e. The van der Waals surface area contributed by atoms with E-state index in [1.165, 1.54) is 11.8 Å². The normalized spacial score (nSPS) is 12.4. The summed E-state index contributed by atoms with van der Waals surface area (Å²) in [5.41, 5.74) is 3.29. The molecule has 8 heteroatoms. The zero-order chi connectivity index (χ0) is 20.4. The highest BCUT2D eigenvalue weighted by Gasteiger charge is 2.23. The van der Waals surface area contributed by atoms with Crippen molar-refractivity contribution < 1.29 is 13.9 Å². The van der Waals surface area contributed by atoms with Gasteiger partial charge in [-0.1, -0.05) is 37.7 Å². The standard InChI is InChI=1S/C21H22N4O3S/c1-4-18(20(26)22-13-8-6-7-9-16(13)27-3)29-21-15-12-17-14(10-11-28-17)25(15)19(5-2)23-24-21/h6-12,18H,4-5H2,1-3H3,(H,22,26)/t18-/m0/s1. The Hall–Kier alpha value is -3.00. The van der Waals surface area contributed by atoms with Gasteiger partial charge in [-0.05, 0) is 18.6 Å². The number of amides is 1. The number of furan rings is 1. The van der Waals surface area contributed by atoms with E-state index >= 15 is 0 Å². The molecule has 0 bridgehead atoms. The summed E-state index contributed by atoms with van der Waals surface area (Å²) in [5.74, 6) is 1.38. The maximum Gasteiger partial charge on any atom is 0.238 e. The van der Waals surface area contributed by atoms with Crippen LogP contribution in [-0.2, 0) is 11.2 Å². The molecule has 1 N–H and O–H groups in total. The Morgan fingerprint density at radius 3 is 2.83 bits per heavy atom. The van der Waals surface area contributed by atoms with Crippen molar-refractivity contribution in [3.8, 4) is 5.75 Å². The van der Waals surface area contributed by atoms with E-state index < -0.39 is 0 Å². The molecule has 0 saturated heterocycles. The lowest BCUT2D eigenvalue weighted by Crippen LogP contribution is -2.25. The molecule has 0 saturated carbocycles. The number of nitrogens with one attached hydrogen (secondary N) is 1. The summed E-state index contributed by atoms with van der Waals surface area (Å²) >= 11 is 1.41. The number of thioether (sulfide) groups is 1. The van der Waals surface area contributed by atoms with E-state index in [0.717, 1.165) is 28.9 Å². The highest BCUT2D eigenvalue weighted by Crippen LogP contribution is 2.33. The average molecular weight is 410 g/mol. The van der Waals surface area contributed by atoms with Crippen LogP contribution in [0.1, 0.15) is 26.1 Å². The van der Waals surface area contributed by atoms with Gasteiger partial charge in [-0.25, -0.2) is 0 Å². The number of benzene rings is 1. The number of aryl methyl sites for hydroxylation is 1. The lowest BCUT2D eigenvalue weighted by atomic mass is 10.2. The van der Waals surface area contributed by atoms with Gasteiger partial charge in [0.1, 0.15) is 16.6 Å². The number of carbonyl (C=O) groups is 1. The van der Waals surface area contributed by atoms with E-state index in [-0.39, 0.29) is 11.2 Å². The van der Waals surface area contributed by atoms with Crippen molar-refractivity contribution in [3.63, 3.8) is 0 Å². The Kier molecular flexibility index (Phi) is 5.44. The number of hydrogen-bond donors (Lipinski definition) is 1. The highest BCUT2D eigenvalue weighted by atomic mass is 32.2. The van der Waals surface area contributed by atoms with Crippen molar-refractivity contribution in [2.24, 2.45) is 0 Å². The van der Waals surface area contributed by atoms with E-state index in [9.17, 15) is 4.79 Å². The van der Waals surface area contributed by atoms with Crippen LogP contribution in [0, 0.1) is 0 Å². The monoisotopic (exact) mass is 410 g/mol. The second-order valence-electron chi connectivity index (χ2n) is 6.51. The Morgan fingerprint density at radius 1 is 1.24 bits per heavy atom. The van der Waals surface area contributed by atoms with Crippen molar-refractivity contribution >= 4 is 40.0 Å². The van der Waals surface area contributed by atoms with Gasteiger partial charge in [-0.2, -0.15) is 0 Å². The minimum absolute atomic E-state index is 0.100. The van der Waals surface area contributed by atoms with E-state index in [1.54, 1.807) is 13.4 Å². The molecule has 1 atom stereocenters. The van der Waals surface area contributed by atoms with Crippen LogP contribution in [0.5, 0.6) is 5.75 Å². The van der Waals surface area contributed by atoms with Gasteiger partial charge in [0.05, 0.1) is 35.3 Å². The fourth-order valence-electron chi connectivity index (χ4n) is 3.29. The second-order valence-corrected chi connectivity index (χ2v) is 7.71. The molecule has 4 rings (SSSR count). The Bertz CT molecular complexity index is 1170. The summed E-state index contributed by atoms with van der Waals surface area (Å²) in [6.07, 6.45) is 3.06. The van der Waals surface area contributed by atoms with Crippen molar-refractivity contribution in [1.82, 2.24) is 14.6 Å². The lowest BCUT2D eigenvalue weighted by molar-refractivity contribution is -0.115. The molecule has 3 aromatic heterocycles. The molecule has 0 aliphatic rings. The Morgan fingerprint density at radius 2 is 2.07 bits per heavy atom. The molecule has 0 unspecified atom stereocenters. The van der Waals surface area contributed by atoms with Gasteiger partial charge < -0.3 is 14.5 Å². The van der Waals surface area contributed by atoms with Gasteiger partial charge in [0.15, 0.2) is 5.58 Å². The van der Waals surface area contributed by atoms with Gasteiger partial charge in [-0.3, -0.25) is 9.20 Å². The van der Waals surface area contributed by atoms with Crippen molar-refractivity contribution in [2.75, 3.05) is 12.4 Å². The number of para-hydroxylation sites is 2. The minimum atomic E-state index is -0.327. The molecule has 29 heavy (non-hydrogen) atoms. The van der Waals surface area contributed by atoms with E-state index in [4.69, 9.17) is 9.15 Å². The summed E-state index contributed by atoms with van der Waals surface area (Å²) in [7, 11) is 1.58. The average Bonchev–Trinajstić information content (AvgIpc) is 3.34. The second kappa shape index (κ2) is 8.16. The van der Waals surface area contributed by atoms with Gasteiger partial charge in [-0.15, -0.1) is 10.2 Å². The van der Waals surface area contributed by atoms with Crippen LogP contribution < -0.4 is 10.1 Å². The first-order chi connectivity index (χ1) is 14.2. The first-order valence-electron chi connectivity index (χ1n) is 9.51. The first kappa shape index (κ1) is 19.3. The van der Waals surface area contributed by atoms with Crippen LogP contribution in [-0.4, -0.2) is 32.9 Å². The van der Waals surface area contributed by atoms with Crippen LogP contribution in [0.25, 0.3) is 16.6 Å². The molecule has 150 valence electrons. The van der Waals surface area contributed by atoms with E-state index in [2.05, 4.69) is 19.9 Å². The zero-order valence-electron chi connectivity index (χ0n) is 16.5. The molecule has 0 fully saturated rings. The third-order valence-corrected chi connectivity index (χ3v) is 6.10. The SMILES string of the molecule is CCc1nnc(S[C@@H](CC)C(=O)Nc2ccccc2OC)c2cc3occc3n12. The predicted molar refractivity (Wildman–Crippen MR) is 114 cm³/mol. The number of hydrogen-bond acceptors (Lipinski definition) is 6.